The number of nitrogens with two attached hydrogens (primary N) is 1. The Labute approximate surface area is 113 Å². The Kier molecular flexibility index (Phi) is 4.38. The first-order valence-electron chi connectivity index (χ1n) is 6.10. The third kappa shape index (κ3) is 2.91. The Bertz CT molecular complexity index is 436. The fourth-order valence-corrected chi connectivity index (χ4v) is 4.87. The largest absolute Gasteiger partial charge is 0.315 e. The van der Waals surface area contributed by atoms with Crippen molar-refractivity contribution in [1.82, 2.24) is 4.67 Å². The third-order valence-electron chi connectivity index (χ3n) is 3.11. The van der Waals surface area contributed by atoms with Gasteiger partial charge in [0.2, 0.25) is 0 Å². The first-order chi connectivity index (χ1) is 8.51. The Morgan fingerprint density at radius 1 is 1.28 bits per heavy atom. The normalized spacial score (nSPS) is 19.3. The van der Waals surface area contributed by atoms with Crippen molar-refractivity contribution in [3.8, 4) is 0 Å². The van der Waals surface area contributed by atoms with Crippen LogP contribution in [0, 0.1) is 0 Å². The van der Waals surface area contributed by atoms with E-state index in [4.69, 9.17) is 5.50 Å². The van der Waals surface area contributed by atoms with Gasteiger partial charge in [0.05, 0.1) is 5.69 Å². The molecule has 0 aromatic heterocycles. The van der Waals surface area contributed by atoms with E-state index in [2.05, 4.69) is 0 Å². The maximum absolute atomic E-state index is 12.7. The predicted octanol–water partition coefficient (Wildman–Crippen LogP) is 3.32. The minimum absolute atomic E-state index is 0.544. The minimum Gasteiger partial charge on any atom is -0.263 e. The third-order valence-corrected chi connectivity index (χ3v) is 7.17. The van der Waals surface area contributed by atoms with Gasteiger partial charge in [0.15, 0.2) is 0 Å². The van der Waals surface area contributed by atoms with Crippen molar-refractivity contribution < 1.29 is 4.57 Å². The molecule has 1 aromatic carbocycles. The van der Waals surface area contributed by atoms with Gasteiger partial charge in [-0.3, -0.25) is 10.1 Å². The average Bonchev–Trinajstić information content (AvgIpc) is 2.28. The molecule has 2 N–H and O–H groups in total. The van der Waals surface area contributed by atoms with E-state index in [1.165, 1.54) is 19.3 Å². The Hall–Kier alpha value is -0.480. The van der Waals surface area contributed by atoms with Gasteiger partial charge in [-0.15, -0.1) is 0 Å². The lowest BCUT2D eigenvalue weighted by atomic mass is 10.0. The van der Waals surface area contributed by atoms with Gasteiger partial charge in [0.1, 0.15) is 0 Å². The summed E-state index contributed by atoms with van der Waals surface area (Å²) in [6, 6.07) is 9.74. The average molecular weight is 285 g/mol. The lowest BCUT2D eigenvalue weighted by Gasteiger charge is -2.37. The molecule has 0 bridgehead atoms. The molecule has 0 spiro atoms. The van der Waals surface area contributed by atoms with Crippen molar-refractivity contribution >= 4 is 25.2 Å². The highest BCUT2D eigenvalue weighted by atomic mass is 32.2. The summed E-state index contributed by atoms with van der Waals surface area (Å²) in [5.41, 5.74) is 6.96. The summed E-state index contributed by atoms with van der Waals surface area (Å²) in [5, 5.41) is 0.544. The number of para-hydroxylation sites is 1. The van der Waals surface area contributed by atoms with Crippen molar-refractivity contribution in [2.75, 3.05) is 18.2 Å². The topological polar surface area (TPSA) is 49.6 Å². The van der Waals surface area contributed by atoms with Crippen LogP contribution in [0.2, 0.25) is 0 Å². The van der Waals surface area contributed by atoms with Gasteiger partial charge in [0.25, 0.3) is 0 Å². The molecule has 1 unspecified atom stereocenters. The molecule has 0 radical (unpaired) electrons. The molecule has 18 heavy (non-hydrogen) atoms. The summed E-state index contributed by atoms with van der Waals surface area (Å²) in [6.07, 6.45) is 3.62. The molecule has 0 aliphatic heterocycles. The number of anilines is 1. The second kappa shape index (κ2) is 5.66. The van der Waals surface area contributed by atoms with E-state index in [0.29, 0.717) is 5.25 Å². The zero-order valence-electron chi connectivity index (χ0n) is 10.8. The van der Waals surface area contributed by atoms with Crippen LogP contribution in [0.5, 0.6) is 0 Å². The second-order valence-corrected chi connectivity index (χ2v) is 8.59. The highest BCUT2D eigenvalue weighted by Gasteiger charge is 2.33. The van der Waals surface area contributed by atoms with Gasteiger partial charge in [0, 0.05) is 5.25 Å². The fraction of sp³-hybridized carbons (Fsp3) is 0.500. The highest BCUT2D eigenvalue weighted by Crippen LogP contribution is 2.53. The fourth-order valence-electron chi connectivity index (χ4n) is 1.63. The van der Waals surface area contributed by atoms with Crippen LogP contribution in [0.3, 0.4) is 0 Å². The monoisotopic (exact) mass is 285 g/mol. The molecule has 0 heterocycles. The van der Waals surface area contributed by atoms with Crippen molar-refractivity contribution in [3.05, 3.63) is 30.3 Å². The molecule has 0 saturated heterocycles. The van der Waals surface area contributed by atoms with Crippen LogP contribution in [0.15, 0.2) is 30.3 Å². The summed E-state index contributed by atoms with van der Waals surface area (Å²) >= 11 is 1.62. The van der Waals surface area contributed by atoms with Gasteiger partial charge in [-0.1, -0.05) is 24.6 Å². The van der Waals surface area contributed by atoms with Gasteiger partial charge >= 0.3 is 7.59 Å². The lowest BCUT2D eigenvalue weighted by Crippen LogP contribution is -2.30. The number of rotatable bonds is 5. The second-order valence-electron chi connectivity index (χ2n) is 4.70. The summed E-state index contributed by atoms with van der Waals surface area (Å²) in [5.74, 6) is 0. The highest BCUT2D eigenvalue weighted by molar-refractivity contribution is 8.07. The van der Waals surface area contributed by atoms with Crippen LogP contribution < -0.4 is 9.58 Å². The van der Waals surface area contributed by atoms with Crippen LogP contribution in [-0.2, 0) is 4.57 Å². The van der Waals surface area contributed by atoms with Gasteiger partial charge in [-0.05, 0) is 51.0 Å². The molecule has 0 amide bonds. The Morgan fingerprint density at radius 2 is 1.89 bits per heavy atom. The summed E-state index contributed by atoms with van der Waals surface area (Å²) < 4.78 is 16.1. The molecular formula is C12H20N3OPS. The summed E-state index contributed by atoms with van der Waals surface area (Å²) in [6.45, 7) is 0. The molecule has 2 rings (SSSR count). The first-order valence-corrected chi connectivity index (χ1v) is 8.62. The molecular weight excluding hydrogens is 265 g/mol. The number of nitrogens with zero attached hydrogens (tertiary/aromatic N) is 2. The molecule has 1 aliphatic carbocycles. The van der Waals surface area contributed by atoms with E-state index >= 15 is 0 Å². The molecule has 1 aliphatic rings. The molecule has 1 fully saturated rings. The predicted molar refractivity (Wildman–Crippen MR) is 79.6 cm³/mol. The van der Waals surface area contributed by atoms with E-state index < -0.39 is 7.59 Å². The summed E-state index contributed by atoms with van der Waals surface area (Å²) in [4.78, 5) is 0. The van der Waals surface area contributed by atoms with E-state index in [0.717, 1.165) is 5.69 Å². The standard InChI is InChI=1S/C12H20N3OPS/c1-14(2)17(13,16)15(18-12-9-6-10-12)11-7-4-3-5-8-11/h3-5,7-8,12H,6,9-10H2,1-2H3,(H2,13,16). The first kappa shape index (κ1) is 13.9. The quantitative estimate of drug-likeness (QED) is 0.664. The maximum Gasteiger partial charge on any atom is 0.315 e. The smallest absolute Gasteiger partial charge is 0.263 e. The van der Waals surface area contributed by atoms with Gasteiger partial charge < -0.3 is 0 Å². The lowest BCUT2D eigenvalue weighted by molar-refractivity contribution is 0.512. The van der Waals surface area contributed by atoms with Crippen LogP contribution in [-0.4, -0.2) is 24.0 Å². The zero-order valence-corrected chi connectivity index (χ0v) is 12.5. The zero-order chi connectivity index (χ0) is 13.2. The molecule has 100 valence electrons. The summed E-state index contributed by atoms with van der Waals surface area (Å²) in [7, 11) is 0.524. The van der Waals surface area contributed by atoms with Crippen molar-refractivity contribution in [2.45, 2.75) is 24.5 Å². The van der Waals surface area contributed by atoms with E-state index in [1.54, 1.807) is 34.8 Å². The van der Waals surface area contributed by atoms with Crippen LogP contribution in [0.25, 0.3) is 0 Å². The molecule has 6 heteroatoms. The van der Waals surface area contributed by atoms with E-state index in [9.17, 15) is 4.57 Å². The van der Waals surface area contributed by atoms with Crippen LogP contribution in [0.4, 0.5) is 5.69 Å². The Morgan fingerprint density at radius 3 is 2.33 bits per heavy atom. The number of benzene rings is 1. The van der Waals surface area contributed by atoms with Crippen LogP contribution in [0.1, 0.15) is 19.3 Å². The SMILES string of the molecule is CN(C)P(N)(=O)N(SC1CCC1)c1ccccc1. The van der Waals surface area contributed by atoms with Gasteiger partial charge in [-0.2, -0.15) is 0 Å². The van der Waals surface area contributed by atoms with Crippen LogP contribution >= 0.6 is 19.5 Å². The molecule has 4 nitrogen and oxygen atoms in total. The maximum atomic E-state index is 12.7. The molecule has 1 atom stereocenters. The number of hydrogen-bond acceptors (Lipinski definition) is 2. The molecule has 1 aromatic rings. The molecule has 1 saturated carbocycles. The van der Waals surface area contributed by atoms with E-state index in [-0.39, 0.29) is 0 Å². The Balaban J connectivity index is 2.25. The van der Waals surface area contributed by atoms with Crippen molar-refractivity contribution in [2.24, 2.45) is 5.50 Å². The minimum atomic E-state index is -3.00. The van der Waals surface area contributed by atoms with Crippen molar-refractivity contribution in [3.63, 3.8) is 0 Å². The van der Waals surface area contributed by atoms with Crippen molar-refractivity contribution in [1.29, 1.82) is 0 Å². The van der Waals surface area contributed by atoms with E-state index in [1.807, 2.05) is 30.3 Å². The number of hydrogen-bond donors (Lipinski definition) is 1. The van der Waals surface area contributed by atoms with Gasteiger partial charge in [-0.25, -0.2) is 8.75 Å².